The minimum atomic E-state index is -4.46. The second-order valence-electron chi connectivity index (χ2n) is 9.45. The highest BCUT2D eigenvalue weighted by molar-refractivity contribution is 5.89. The van der Waals surface area contributed by atoms with Crippen molar-refractivity contribution in [1.82, 2.24) is 5.06 Å². The van der Waals surface area contributed by atoms with Gasteiger partial charge in [-0.2, -0.15) is 18.2 Å². The fourth-order valence-corrected chi connectivity index (χ4v) is 4.27. The molecule has 0 saturated carbocycles. The molecule has 4 nitrogen and oxygen atoms in total. The largest absolute Gasteiger partial charge is 0.459 e. The number of piperidine rings is 1. The number of carbonyl (C=O) groups is 1. The minimum Gasteiger partial charge on any atom is -0.459 e. The molecule has 174 valence electrons. The summed E-state index contributed by atoms with van der Waals surface area (Å²) in [5.41, 5.74) is -0.305. The Labute approximate surface area is 187 Å². The quantitative estimate of drug-likeness (QED) is 0.467. The summed E-state index contributed by atoms with van der Waals surface area (Å²) in [6.07, 6.45) is -1.96. The summed E-state index contributed by atoms with van der Waals surface area (Å²) in [7, 11) is 0. The van der Waals surface area contributed by atoms with Gasteiger partial charge < -0.3 is 4.74 Å². The molecule has 1 atom stereocenters. The summed E-state index contributed by atoms with van der Waals surface area (Å²) in [5.74, 6) is -0.694. The van der Waals surface area contributed by atoms with Crippen molar-refractivity contribution in [3.63, 3.8) is 0 Å². The lowest BCUT2D eigenvalue weighted by molar-refractivity contribution is -0.311. The Hall–Kier alpha value is -2.38. The van der Waals surface area contributed by atoms with Gasteiger partial charge in [0.05, 0.1) is 11.1 Å². The van der Waals surface area contributed by atoms with E-state index in [-0.39, 0.29) is 23.2 Å². The zero-order valence-electron chi connectivity index (χ0n) is 18.9. The van der Waals surface area contributed by atoms with Gasteiger partial charge in [-0.1, -0.05) is 30.3 Å². The van der Waals surface area contributed by atoms with E-state index in [1.165, 1.54) is 0 Å². The lowest BCUT2D eigenvalue weighted by atomic mass is 9.82. The zero-order chi connectivity index (χ0) is 23.6. The number of benzene rings is 2. The summed E-state index contributed by atoms with van der Waals surface area (Å²) in [4.78, 5) is 19.0. The van der Waals surface area contributed by atoms with Crippen LogP contribution in [0.25, 0.3) is 0 Å². The molecule has 7 heteroatoms. The van der Waals surface area contributed by atoms with Crippen LogP contribution in [0.2, 0.25) is 0 Å². The first kappa shape index (κ1) is 24.3. The van der Waals surface area contributed by atoms with Crippen LogP contribution < -0.4 is 0 Å². The third-order valence-electron chi connectivity index (χ3n) is 5.89. The second-order valence-corrected chi connectivity index (χ2v) is 9.45. The van der Waals surface area contributed by atoms with Gasteiger partial charge in [0.2, 0.25) is 0 Å². The first-order valence-electron chi connectivity index (χ1n) is 10.8. The van der Waals surface area contributed by atoms with Gasteiger partial charge in [0.15, 0.2) is 0 Å². The summed E-state index contributed by atoms with van der Waals surface area (Å²) in [6.45, 7) is 8.45. The molecule has 2 aromatic rings. The van der Waals surface area contributed by atoms with Gasteiger partial charge in [-0.25, -0.2) is 4.79 Å². The van der Waals surface area contributed by atoms with Crippen molar-refractivity contribution in [3.8, 4) is 0 Å². The number of esters is 1. The number of hydrogen-bond acceptors (Lipinski definition) is 4. The topological polar surface area (TPSA) is 38.8 Å². The fourth-order valence-electron chi connectivity index (χ4n) is 4.27. The van der Waals surface area contributed by atoms with Gasteiger partial charge in [0, 0.05) is 11.1 Å². The van der Waals surface area contributed by atoms with Crippen molar-refractivity contribution < 1.29 is 27.5 Å². The van der Waals surface area contributed by atoms with Crippen molar-refractivity contribution in [3.05, 3.63) is 71.3 Å². The standard InChI is InChI=1S/C25H30F3NO3/c1-23(2)15-8-16-24(3,4)29(23)32-21(18-9-6-5-7-10-18)17-31-22(30)19-11-13-20(14-12-19)25(26,27)28/h5-7,9-14,21H,8,15-17H2,1-4H3. The Kier molecular flexibility index (Phi) is 7.00. The Morgan fingerprint density at radius 3 is 2.06 bits per heavy atom. The van der Waals surface area contributed by atoms with Crippen LogP contribution in [0, 0.1) is 0 Å². The molecule has 1 heterocycles. The molecule has 0 aromatic heterocycles. The molecule has 1 aliphatic rings. The van der Waals surface area contributed by atoms with Crippen molar-refractivity contribution in [2.75, 3.05) is 6.61 Å². The zero-order valence-corrected chi connectivity index (χ0v) is 18.9. The molecule has 1 aliphatic heterocycles. The average molecular weight is 450 g/mol. The van der Waals surface area contributed by atoms with Crippen LogP contribution >= 0.6 is 0 Å². The second kappa shape index (κ2) is 9.24. The maximum Gasteiger partial charge on any atom is 0.416 e. The Bertz CT molecular complexity index is 892. The Morgan fingerprint density at radius 1 is 0.969 bits per heavy atom. The molecular weight excluding hydrogens is 419 g/mol. The van der Waals surface area contributed by atoms with Crippen molar-refractivity contribution >= 4 is 5.97 Å². The third kappa shape index (κ3) is 5.70. The van der Waals surface area contributed by atoms with Crippen LogP contribution in [0.1, 0.15) is 74.5 Å². The van der Waals surface area contributed by atoms with E-state index in [4.69, 9.17) is 9.57 Å². The number of rotatable bonds is 6. The highest BCUT2D eigenvalue weighted by atomic mass is 19.4. The van der Waals surface area contributed by atoms with Crippen LogP contribution in [-0.4, -0.2) is 28.7 Å². The number of hydrogen-bond donors (Lipinski definition) is 0. The molecule has 0 amide bonds. The van der Waals surface area contributed by atoms with E-state index in [2.05, 4.69) is 27.7 Å². The van der Waals surface area contributed by atoms with Gasteiger partial charge in [0.25, 0.3) is 0 Å². The molecule has 2 aromatic carbocycles. The Morgan fingerprint density at radius 2 is 1.53 bits per heavy atom. The van der Waals surface area contributed by atoms with Crippen LogP contribution in [0.4, 0.5) is 13.2 Å². The smallest absolute Gasteiger partial charge is 0.416 e. The van der Waals surface area contributed by atoms with Crippen LogP contribution in [0.5, 0.6) is 0 Å². The fraction of sp³-hybridized carbons (Fsp3) is 0.480. The molecular formula is C25H30F3NO3. The van der Waals surface area contributed by atoms with E-state index in [1.807, 2.05) is 35.4 Å². The highest BCUT2D eigenvalue weighted by Crippen LogP contribution is 2.40. The molecule has 0 aliphatic carbocycles. The number of alkyl halides is 3. The summed E-state index contributed by atoms with van der Waals surface area (Å²) in [5, 5.41) is 2.01. The van der Waals surface area contributed by atoms with Crippen molar-refractivity contribution in [2.24, 2.45) is 0 Å². The molecule has 32 heavy (non-hydrogen) atoms. The lowest BCUT2D eigenvalue weighted by Crippen LogP contribution is -2.58. The monoisotopic (exact) mass is 449 g/mol. The van der Waals surface area contributed by atoms with Crippen molar-refractivity contribution in [2.45, 2.75) is 70.3 Å². The van der Waals surface area contributed by atoms with E-state index >= 15 is 0 Å². The molecule has 0 N–H and O–H groups in total. The molecule has 0 bridgehead atoms. The Balaban J connectivity index is 1.76. The van der Waals surface area contributed by atoms with Gasteiger partial charge in [-0.15, -0.1) is 0 Å². The van der Waals surface area contributed by atoms with E-state index in [0.29, 0.717) is 0 Å². The van der Waals surface area contributed by atoms with E-state index in [0.717, 1.165) is 49.1 Å². The van der Waals surface area contributed by atoms with Gasteiger partial charge in [-0.05, 0) is 76.8 Å². The number of ether oxygens (including phenoxy) is 1. The predicted octanol–water partition coefficient (Wildman–Crippen LogP) is 6.58. The summed E-state index contributed by atoms with van der Waals surface area (Å²) in [6, 6.07) is 13.5. The molecule has 1 fully saturated rings. The van der Waals surface area contributed by atoms with E-state index in [9.17, 15) is 18.0 Å². The van der Waals surface area contributed by atoms with Crippen LogP contribution in [0.3, 0.4) is 0 Å². The maximum atomic E-state index is 12.8. The summed E-state index contributed by atoms with van der Waals surface area (Å²) < 4.78 is 43.8. The number of nitrogens with zero attached hydrogens (tertiary/aromatic N) is 1. The number of carbonyl (C=O) groups excluding carboxylic acids is 1. The van der Waals surface area contributed by atoms with Crippen LogP contribution in [-0.2, 0) is 15.8 Å². The van der Waals surface area contributed by atoms with Crippen LogP contribution in [0.15, 0.2) is 54.6 Å². The third-order valence-corrected chi connectivity index (χ3v) is 5.89. The van der Waals surface area contributed by atoms with Gasteiger partial charge in [0.1, 0.15) is 12.7 Å². The molecule has 1 saturated heterocycles. The molecule has 0 spiro atoms. The normalized spacial score (nSPS) is 19.3. The first-order valence-corrected chi connectivity index (χ1v) is 10.8. The molecule has 0 radical (unpaired) electrons. The van der Waals surface area contributed by atoms with Gasteiger partial charge >= 0.3 is 12.1 Å². The molecule has 1 unspecified atom stereocenters. The van der Waals surface area contributed by atoms with Gasteiger partial charge in [-0.3, -0.25) is 4.84 Å². The SMILES string of the molecule is CC1(C)CCCC(C)(C)N1OC(COC(=O)c1ccc(C(F)(F)F)cc1)c1ccccc1. The average Bonchev–Trinajstić information content (AvgIpc) is 2.72. The number of hydroxylamine groups is 2. The summed E-state index contributed by atoms with van der Waals surface area (Å²) >= 11 is 0. The van der Waals surface area contributed by atoms with E-state index in [1.54, 1.807) is 0 Å². The molecule has 3 rings (SSSR count). The van der Waals surface area contributed by atoms with E-state index < -0.39 is 23.8 Å². The highest BCUT2D eigenvalue weighted by Gasteiger charge is 2.44. The van der Waals surface area contributed by atoms with Crippen molar-refractivity contribution in [1.29, 1.82) is 0 Å². The maximum absolute atomic E-state index is 12.8. The predicted molar refractivity (Wildman–Crippen MR) is 116 cm³/mol. The lowest BCUT2D eigenvalue weighted by Gasteiger charge is -2.52. The number of halogens is 3. The first-order chi connectivity index (χ1) is 14.9. The minimum absolute atomic E-state index is 0.0587.